The molecule has 0 N–H and O–H groups in total. The second-order valence-corrected chi connectivity index (χ2v) is 4.72. The van der Waals surface area contributed by atoms with Crippen molar-refractivity contribution in [3.05, 3.63) is 23.4 Å². The molecule has 0 aliphatic carbocycles. The summed E-state index contributed by atoms with van der Waals surface area (Å²) in [4.78, 5) is 3.39. The zero-order chi connectivity index (χ0) is 14.6. The highest BCUT2D eigenvalue weighted by Crippen LogP contribution is 2.30. The Kier molecular flexibility index (Phi) is 4.76. The molecule has 1 aromatic heterocycles. The summed E-state index contributed by atoms with van der Waals surface area (Å²) < 4.78 is 43.0. The molecule has 0 spiro atoms. The number of hydrogen-bond donors (Lipinski definition) is 0. The fraction of sp³-hybridized carbons (Fsp3) is 0.538. The minimum Gasteiger partial charge on any atom is -0.474 e. The van der Waals surface area contributed by atoms with Crippen LogP contribution < -0.4 is 4.74 Å². The Bertz CT molecular complexity index is 478. The van der Waals surface area contributed by atoms with E-state index in [9.17, 15) is 13.2 Å². The molecule has 0 aliphatic heterocycles. The van der Waals surface area contributed by atoms with Crippen molar-refractivity contribution >= 4 is 0 Å². The van der Waals surface area contributed by atoms with Gasteiger partial charge in [-0.1, -0.05) is 13.8 Å². The van der Waals surface area contributed by atoms with Crippen LogP contribution in [0.4, 0.5) is 13.2 Å². The van der Waals surface area contributed by atoms with Gasteiger partial charge in [-0.15, -0.1) is 0 Å². The summed E-state index contributed by atoms with van der Waals surface area (Å²) >= 11 is 0. The summed E-state index contributed by atoms with van der Waals surface area (Å²) in [6, 6.07) is 3.63. The van der Waals surface area contributed by atoms with Crippen LogP contribution in [-0.2, 0) is 6.18 Å². The van der Waals surface area contributed by atoms with Gasteiger partial charge in [-0.3, -0.25) is 0 Å². The van der Waals surface area contributed by atoms with Crippen LogP contribution >= 0.6 is 0 Å². The van der Waals surface area contributed by atoms with Gasteiger partial charge in [0.25, 0.3) is 0 Å². The van der Waals surface area contributed by atoms with Gasteiger partial charge in [0.1, 0.15) is 17.3 Å². The fourth-order valence-corrected chi connectivity index (χ4v) is 1.68. The Morgan fingerprint density at radius 2 is 1.95 bits per heavy atom. The highest BCUT2D eigenvalue weighted by molar-refractivity contribution is 5.39. The number of pyridine rings is 1. The third-order valence-corrected chi connectivity index (χ3v) is 2.39. The van der Waals surface area contributed by atoms with E-state index < -0.39 is 11.9 Å². The van der Waals surface area contributed by atoms with E-state index >= 15 is 0 Å². The van der Waals surface area contributed by atoms with E-state index in [1.54, 1.807) is 13.0 Å². The minimum atomic E-state index is -4.55. The van der Waals surface area contributed by atoms with Crippen LogP contribution in [0.2, 0.25) is 0 Å². The summed E-state index contributed by atoms with van der Waals surface area (Å²) in [5, 5.41) is 8.86. The Labute approximate surface area is 110 Å². The van der Waals surface area contributed by atoms with Gasteiger partial charge in [0, 0.05) is 0 Å². The third-order valence-electron chi connectivity index (χ3n) is 2.39. The lowest BCUT2D eigenvalue weighted by atomic mass is 10.1. The normalized spacial score (nSPS) is 13.2. The number of alkyl halides is 3. The number of hydrogen-bond acceptors (Lipinski definition) is 3. The molecule has 3 nitrogen and oxygen atoms in total. The van der Waals surface area contributed by atoms with Crippen LogP contribution in [0.25, 0.3) is 0 Å². The van der Waals surface area contributed by atoms with Gasteiger partial charge >= 0.3 is 6.18 Å². The molecule has 0 aliphatic rings. The van der Waals surface area contributed by atoms with Gasteiger partial charge in [0.05, 0.1) is 6.10 Å². The lowest BCUT2D eigenvalue weighted by Gasteiger charge is -2.17. The van der Waals surface area contributed by atoms with Gasteiger partial charge in [0.15, 0.2) is 0 Å². The van der Waals surface area contributed by atoms with Crippen molar-refractivity contribution in [1.82, 2.24) is 4.98 Å². The highest BCUT2D eigenvalue weighted by atomic mass is 19.4. The molecule has 0 amide bonds. The van der Waals surface area contributed by atoms with Crippen LogP contribution in [0.3, 0.4) is 0 Å². The van der Waals surface area contributed by atoms with Gasteiger partial charge < -0.3 is 4.74 Å². The number of nitriles is 1. The molecule has 1 rings (SSSR count). The summed E-state index contributed by atoms with van der Waals surface area (Å²) in [6.45, 7) is 5.69. The van der Waals surface area contributed by atoms with Crippen molar-refractivity contribution in [2.45, 2.75) is 39.5 Å². The standard InChI is InChI=1S/C13H15F3N2O/c1-8(2)6-9(3)19-12-10(7-17)4-5-11(18-12)13(14,15)16/h4-5,8-9H,6H2,1-3H3. The van der Waals surface area contributed by atoms with Gasteiger partial charge in [-0.2, -0.15) is 18.4 Å². The van der Waals surface area contributed by atoms with Crippen molar-refractivity contribution < 1.29 is 17.9 Å². The predicted molar refractivity (Wildman–Crippen MR) is 63.5 cm³/mol. The number of ether oxygens (including phenoxy) is 1. The third kappa shape index (κ3) is 4.43. The molecule has 0 aromatic carbocycles. The molecular weight excluding hydrogens is 257 g/mol. The maximum atomic E-state index is 12.6. The van der Waals surface area contributed by atoms with E-state index in [0.29, 0.717) is 12.3 Å². The largest absolute Gasteiger partial charge is 0.474 e. The fourth-order valence-electron chi connectivity index (χ4n) is 1.68. The first kappa shape index (κ1) is 15.3. The molecule has 6 heteroatoms. The topological polar surface area (TPSA) is 45.9 Å². The SMILES string of the molecule is CC(C)CC(C)Oc1nc(C(F)(F)F)ccc1C#N. The zero-order valence-electron chi connectivity index (χ0n) is 11.0. The first-order valence-electron chi connectivity index (χ1n) is 5.89. The molecule has 1 heterocycles. The first-order valence-corrected chi connectivity index (χ1v) is 5.89. The van der Waals surface area contributed by atoms with E-state index in [1.807, 2.05) is 13.8 Å². The van der Waals surface area contributed by atoms with Crippen molar-refractivity contribution in [3.8, 4) is 11.9 Å². The predicted octanol–water partition coefficient (Wildman–Crippen LogP) is 3.79. The first-order chi connectivity index (χ1) is 8.74. The smallest absolute Gasteiger partial charge is 0.433 e. The number of rotatable bonds is 4. The van der Waals surface area contributed by atoms with E-state index in [-0.39, 0.29) is 17.5 Å². The Balaban J connectivity index is 3.01. The second-order valence-electron chi connectivity index (χ2n) is 4.72. The van der Waals surface area contributed by atoms with Gasteiger partial charge in [-0.25, -0.2) is 4.98 Å². The molecule has 0 fully saturated rings. The van der Waals surface area contributed by atoms with E-state index in [4.69, 9.17) is 10.00 Å². The summed E-state index contributed by atoms with van der Waals surface area (Å²) in [7, 11) is 0. The second kappa shape index (κ2) is 5.91. The molecule has 1 atom stereocenters. The van der Waals surface area contributed by atoms with Crippen molar-refractivity contribution in [3.63, 3.8) is 0 Å². The lowest BCUT2D eigenvalue weighted by molar-refractivity contribution is -0.141. The van der Waals surface area contributed by atoms with Crippen LogP contribution in [0.1, 0.15) is 38.4 Å². The van der Waals surface area contributed by atoms with E-state index in [1.165, 1.54) is 0 Å². The zero-order valence-corrected chi connectivity index (χ0v) is 11.0. The van der Waals surface area contributed by atoms with Crippen molar-refractivity contribution in [2.24, 2.45) is 5.92 Å². The maximum Gasteiger partial charge on any atom is 0.433 e. The number of aromatic nitrogens is 1. The maximum absolute atomic E-state index is 12.6. The van der Waals surface area contributed by atoms with Crippen LogP contribution in [0.15, 0.2) is 12.1 Å². The molecule has 104 valence electrons. The van der Waals surface area contributed by atoms with Crippen molar-refractivity contribution in [2.75, 3.05) is 0 Å². The summed E-state index contributed by atoms with van der Waals surface area (Å²) in [5.41, 5.74) is -1.05. The molecule has 0 radical (unpaired) electrons. The average molecular weight is 272 g/mol. The lowest BCUT2D eigenvalue weighted by Crippen LogP contribution is -2.17. The van der Waals surface area contributed by atoms with Crippen LogP contribution in [0, 0.1) is 17.2 Å². The van der Waals surface area contributed by atoms with E-state index in [2.05, 4.69) is 4.98 Å². The molecule has 0 bridgehead atoms. The molecule has 0 saturated carbocycles. The summed E-state index contributed by atoms with van der Waals surface area (Å²) in [6.07, 6.45) is -4.18. The Morgan fingerprint density at radius 3 is 2.42 bits per heavy atom. The minimum absolute atomic E-state index is 0.00334. The van der Waals surface area contributed by atoms with Crippen LogP contribution in [-0.4, -0.2) is 11.1 Å². The monoisotopic (exact) mass is 272 g/mol. The Hall–Kier alpha value is -1.77. The van der Waals surface area contributed by atoms with Crippen molar-refractivity contribution in [1.29, 1.82) is 5.26 Å². The molecule has 0 saturated heterocycles. The average Bonchev–Trinajstić information content (AvgIpc) is 2.26. The quantitative estimate of drug-likeness (QED) is 0.837. The Morgan fingerprint density at radius 1 is 1.32 bits per heavy atom. The highest BCUT2D eigenvalue weighted by Gasteiger charge is 2.33. The molecule has 1 unspecified atom stereocenters. The van der Waals surface area contributed by atoms with Crippen LogP contribution in [0.5, 0.6) is 5.88 Å². The summed E-state index contributed by atoms with van der Waals surface area (Å²) in [5.74, 6) is 0.0804. The van der Waals surface area contributed by atoms with Gasteiger partial charge in [0.2, 0.25) is 5.88 Å². The van der Waals surface area contributed by atoms with E-state index in [0.717, 1.165) is 12.1 Å². The molecule has 1 aromatic rings. The number of nitrogens with zero attached hydrogens (tertiary/aromatic N) is 2. The molecular formula is C13H15F3N2O. The molecule has 19 heavy (non-hydrogen) atoms. The number of halogens is 3. The van der Waals surface area contributed by atoms with Gasteiger partial charge in [-0.05, 0) is 31.4 Å².